The monoisotopic (exact) mass is 319 g/mol. The SMILES string of the molecule is Cc1ccc(N=[N+]=[N-])c(C=NCCCc2ccccc2N=[N+]=[N-])c1. The molecule has 0 fully saturated rings. The van der Waals surface area contributed by atoms with E-state index in [0.717, 1.165) is 29.5 Å². The minimum atomic E-state index is 0.570. The number of rotatable bonds is 7. The van der Waals surface area contributed by atoms with E-state index in [1.54, 1.807) is 18.3 Å². The summed E-state index contributed by atoms with van der Waals surface area (Å²) in [7, 11) is 0. The lowest BCUT2D eigenvalue weighted by molar-refractivity contribution is 0.836. The summed E-state index contributed by atoms with van der Waals surface area (Å²) >= 11 is 0. The van der Waals surface area contributed by atoms with Crippen molar-refractivity contribution in [2.45, 2.75) is 19.8 Å². The molecule has 2 aromatic carbocycles. The van der Waals surface area contributed by atoms with Gasteiger partial charge in [0.1, 0.15) is 0 Å². The van der Waals surface area contributed by atoms with Crippen LogP contribution in [0.1, 0.15) is 23.1 Å². The molecule has 0 saturated carbocycles. The summed E-state index contributed by atoms with van der Waals surface area (Å²) in [6, 6.07) is 13.1. The van der Waals surface area contributed by atoms with E-state index in [1.807, 2.05) is 37.3 Å². The first-order valence-corrected chi connectivity index (χ1v) is 7.53. The Labute approximate surface area is 139 Å². The molecule has 2 aromatic rings. The highest BCUT2D eigenvalue weighted by atomic mass is 15.1. The van der Waals surface area contributed by atoms with Crippen LogP contribution in [0.5, 0.6) is 0 Å². The summed E-state index contributed by atoms with van der Waals surface area (Å²) in [5.41, 5.74) is 21.3. The van der Waals surface area contributed by atoms with Gasteiger partial charge in [0, 0.05) is 39.5 Å². The summed E-state index contributed by atoms with van der Waals surface area (Å²) in [5.74, 6) is 0. The molecular formula is C17H17N7. The van der Waals surface area contributed by atoms with Gasteiger partial charge in [0.15, 0.2) is 0 Å². The third-order valence-corrected chi connectivity index (χ3v) is 3.44. The Bertz CT molecular complexity index is 829. The summed E-state index contributed by atoms with van der Waals surface area (Å²) in [4.78, 5) is 10.1. The molecule has 0 saturated heterocycles. The molecule has 0 aliphatic carbocycles. The number of hydrogen-bond acceptors (Lipinski definition) is 3. The number of hydrogen-bond donors (Lipinski definition) is 0. The zero-order valence-corrected chi connectivity index (χ0v) is 13.4. The van der Waals surface area contributed by atoms with Crippen LogP contribution in [0.3, 0.4) is 0 Å². The Hall–Kier alpha value is -3.27. The first-order valence-electron chi connectivity index (χ1n) is 7.53. The fourth-order valence-electron chi connectivity index (χ4n) is 2.31. The highest BCUT2D eigenvalue weighted by Gasteiger charge is 2.00. The summed E-state index contributed by atoms with van der Waals surface area (Å²) < 4.78 is 0. The predicted octanol–water partition coefficient (Wildman–Crippen LogP) is 5.93. The Morgan fingerprint density at radius 2 is 1.75 bits per heavy atom. The fourth-order valence-corrected chi connectivity index (χ4v) is 2.31. The Morgan fingerprint density at radius 1 is 1.00 bits per heavy atom. The van der Waals surface area contributed by atoms with Gasteiger partial charge < -0.3 is 0 Å². The van der Waals surface area contributed by atoms with Crippen molar-refractivity contribution >= 4 is 17.6 Å². The molecule has 0 spiro atoms. The van der Waals surface area contributed by atoms with Crippen molar-refractivity contribution in [1.29, 1.82) is 0 Å². The second kappa shape index (κ2) is 9.00. The largest absolute Gasteiger partial charge is 0.293 e. The minimum absolute atomic E-state index is 0.570. The zero-order chi connectivity index (χ0) is 17.2. The molecule has 0 bridgehead atoms. The van der Waals surface area contributed by atoms with Gasteiger partial charge in [0.2, 0.25) is 0 Å². The topological polar surface area (TPSA) is 110 Å². The lowest BCUT2D eigenvalue weighted by Gasteiger charge is -2.04. The molecule has 0 amide bonds. The molecule has 0 heterocycles. The van der Waals surface area contributed by atoms with E-state index in [-0.39, 0.29) is 0 Å². The van der Waals surface area contributed by atoms with E-state index < -0.39 is 0 Å². The van der Waals surface area contributed by atoms with Crippen LogP contribution in [0, 0.1) is 6.92 Å². The van der Waals surface area contributed by atoms with Gasteiger partial charge in [0.25, 0.3) is 0 Å². The molecule has 0 aliphatic heterocycles. The molecule has 7 heteroatoms. The Morgan fingerprint density at radius 3 is 2.54 bits per heavy atom. The molecule has 24 heavy (non-hydrogen) atoms. The maximum Gasteiger partial charge on any atom is 0.0463 e. The molecule has 0 atom stereocenters. The molecule has 0 aromatic heterocycles. The van der Waals surface area contributed by atoms with E-state index in [2.05, 4.69) is 25.0 Å². The van der Waals surface area contributed by atoms with Crippen molar-refractivity contribution in [2.75, 3.05) is 6.54 Å². The molecule has 120 valence electrons. The van der Waals surface area contributed by atoms with E-state index in [4.69, 9.17) is 11.1 Å². The van der Waals surface area contributed by atoms with Crippen molar-refractivity contribution in [1.82, 2.24) is 0 Å². The quantitative estimate of drug-likeness (QED) is 0.198. The van der Waals surface area contributed by atoms with Gasteiger partial charge in [-0.3, -0.25) is 4.99 Å². The van der Waals surface area contributed by atoms with Crippen molar-refractivity contribution in [2.24, 2.45) is 15.2 Å². The van der Waals surface area contributed by atoms with Gasteiger partial charge in [-0.1, -0.05) is 58.3 Å². The van der Waals surface area contributed by atoms with Crippen LogP contribution >= 0.6 is 0 Å². The van der Waals surface area contributed by atoms with E-state index in [1.165, 1.54) is 0 Å². The maximum absolute atomic E-state index is 8.60. The van der Waals surface area contributed by atoms with Crippen molar-refractivity contribution in [3.8, 4) is 0 Å². The van der Waals surface area contributed by atoms with Gasteiger partial charge in [0.05, 0.1) is 0 Å². The smallest absolute Gasteiger partial charge is 0.0463 e. The molecule has 0 radical (unpaired) electrons. The molecule has 7 nitrogen and oxygen atoms in total. The summed E-state index contributed by atoms with van der Waals surface area (Å²) in [6.45, 7) is 2.61. The van der Waals surface area contributed by atoms with E-state index in [0.29, 0.717) is 17.9 Å². The van der Waals surface area contributed by atoms with Crippen LogP contribution in [0.2, 0.25) is 0 Å². The van der Waals surface area contributed by atoms with Gasteiger partial charge in [-0.25, -0.2) is 0 Å². The van der Waals surface area contributed by atoms with E-state index >= 15 is 0 Å². The second-order valence-electron chi connectivity index (χ2n) is 5.21. The highest BCUT2D eigenvalue weighted by molar-refractivity contribution is 5.86. The number of benzene rings is 2. The van der Waals surface area contributed by atoms with Crippen LogP contribution < -0.4 is 0 Å². The minimum Gasteiger partial charge on any atom is -0.293 e. The van der Waals surface area contributed by atoms with Crippen LogP contribution in [0.15, 0.2) is 57.7 Å². The number of nitrogens with zero attached hydrogens (tertiary/aromatic N) is 7. The molecule has 2 rings (SSSR count). The predicted molar refractivity (Wildman–Crippen MR) is 96.0 cm³/mol. The fraction of sp³-hybridized carbons (Fsp3) is 0.235. The van der Waals surface area contributed by atoms with Crippen LogP contribution in [0.4, 0.5) is 11.4 Å². The Balaban J connectivity index is 1.98. The standard InChI is InChI=1S/C17H17N7/c1-13-8-9-17(22-24-19)15(11-13)12-20-10-4-6-14-5-2-3-7-16(14)21-23-18/h2-3,5,7-9,11-12H,4,6,10H2,1H3. The first kappa shape index (κ1) is 17.1. The van der Waals surface area contributed by atoms with Gasteiger partial charge in [-0.2, -0.15) is 0 Å². The van der Waals surface area contributed by atoms with Crippen molar-refractivity contribution in [3.63, 3.8) is 0 Å². The lowest BCUT2D eigenvalue weighted by Crippen LogP contribution is -1.91. The molecule has 0 unspecified atom stereocenters. The van der Waals surface area contributed by atoms with Gasteiger partial charge >= 0.3 is 0 Å². The normalized spacial score (nSPS) is 10.2. The number of aliphatic imine (C=N–C) groups is 1. The van der Waals surface area contributed by atoms with Gasteiger partial charge in [-0.05, 0) is 36.4 Å². The third kappa shape index (κ3) is 4.88. The molecule has 0 aliphatic rings. The van der Waals surface area contributed by atoms with Crippen molar-refractivity contribution < 1.29 is 0 Å². The average molecular weight is 319 g/mol. The molecular weight excluding hydrogens is 302 g/mol. The number of azide groups is 2. The Kier molecular flexibility index (Phi) is 6.41. The second-order valence-corrected chi connectivity index (χ2v) is 5.21. The summed E-state index contributed by atoms with van der Waals surface area (Å²) in [6.07, 6.45) is 3.34. The van der Waals surface area contributed by atoms with Gasteiger partial charge in [-0.15, -0.1) is 0 Å². The third-order valence-electron chi connectivity index (χ3n) is 3.44. The van der Waals surface area contributed by atoms with Crippen LogP contribution in [-0.4, -0.2) is 12.8 Å². The lowest BCUT2D eigenvalue weighted by atomic mass is 10.1. The first-order chi connectivity index (χ1) is 11.7. The average Bonchev–Trinajstić information content (AvgIpc) is 2.58. The molecule has 0 N–H and O–H groups in total. The van der Waals surface area contributed by atoms with Crippen molar-refractivity contribution in [3.05, 3.63) is 80.0 Å². The van der Waals surface area contributed by atoms with Crippen LogP contribution in [-0.2, 0) is 6.42 Å². The zero-order valence-electron chi connectivity index (χ0n) is 13.4. The van der Waals surface area contributed by atoms with E-state index in [9.17, 15) is 0 Å². The highest BCUT2D eigenvalue weighted by Crippen LogP contribution is 2.21. The van der Waals surface area contributed by atoms with Crippen LogP contribution in [0.25, 0.3) is 20.9 Å². The number of aryl methyl sites for hydroxylation is 2. The summed E-state index contributed by atoms with van der Waals surface area (Å²) in [5, 5.41) is 7.36. The maximum atomic E-state index is 8.60.